The van der Waals surface area contributed by atoms with Gasteiger partial charge in [0.1, 0.15) is 0 Å². The van der Waals surface area contributed by atoms with Crippen molar-refractivity contribution in [1.82, 2.24) is 0 Å². The maximum atomic E-state index is 11.0. The van der Waals surface area contributed by atoms with Gasteiger partial charge in [0.25, 0.3) is 0 Å². The number of carbonyl (C=O) groups excluding carboxylic acids is 1. The van der Waals surface area contributed by atoms with E-state index >= 15 is 0 Å². The van der Waals surface area contributed by atoms with Crippen LogP contribution in [0.5, 0.6) is 0 Å². The molecule has 0 spiro atoms. The summed E-state index contributed by atoms with van der Waals surface area (Å²) in [6, 6.07) is 0. The first-order chi connectivity index (χ1) is 5.65. The lowest BCUT2D eigenvalue weighted by Crippen LogP contribution is -1.91. The van der Waals surface area contributed by atoms with E-state index in [0.29, 0.717) is 0 Å². The van der Waals surface area contributed by atoms with Crippen LogP contribution in [0.15, 0.2) is 41.2 Å². The zero-order chi connectivity index (χ0) is 9.14. The van der Waals surface area contributed by atoms with Gasteiger partial charge in [-0.25, -0.2) is 0 Å². The Morgan fingerprint density at radius 2 is 2.33 bits per heavy atom. The number of hydrogen-bond acceptors (Lipinski definition) is 1. The molecule has 0 saturated heterocycles. The molecule has 0 atom stereocenters. The Labute approximate surface area is 74.3 Å². The van der Waals surface area contributed by atoms with Gasteiger partial charge in [0, 0.05) is 1.43 Å². The van der Waals surface area contributed by atoms with Gasteiger partial charge in [0.2, 0.25) is 0 Å². The van der Waals surface area contributed by atoms with Gasteiger partial charge in [-0.1, -0.05) is 12.7 Å². The van der Waals surface area contributed by atoms with Crippen LogP contribution in [0.3, 0.4) is 0 Å². The normalized spacial score (nSPS) is 14.8. The summed E-state index contributed by atoms with van der Waals surface area (Å²) in [4.78, 5) is 11.0. The summed E-state index contributed by atoms with van der Waals surface area (Å²) in [5, 5.41) is 0. The molecule has 0 aliphatic heterocycles. The summed E-state index contributed by atoms with van der Waals surface area (Å²) in [7, 11) is 0. The fourth-order valence-electron chi connectivity index (χ4n) is 1.13. The second kappa shape index (κ2) is 3.38. The zero-order valence-corrected chi connectivity index (χ0v) is 7.48. The Morgan fingerprint density at radius 1 is 1.67 bits per heavy atom. The third kappa shape index (κ3) is 1.63. The molecule has 0 bridgehead atoms. The first-order valence-corrected chi connectivity index (χ1v) is 3.94. The van der Waals surface area contributed by atoms with Crippen molar-refractivity contribution in [3.05, 3.63) is 41.2 Å². The van der Waals surface area contributed by atoms with Gasteiger partial charge in [-0.15, -0.1) is 5.73 Å². The van der Waals surface area contributed by atoms with Gasteiger partial charge in [0.05, 0.1) is 0 Å². The minimum atomic E-state index is 0. The number of hydrogen-bond donors (Lipinski definition) is 0. The maximum absolute atomic E-state index is 11.0. The van der Waals surface area contributed by atoms with Gasteiger partial charge >= 0.3 is 0 Å². The Balaban J connectivity index is 0.00000144. The van der Waals surface area contributed by atoms with Crippen LogP contribution in [0.2, 0.25) is 0 Å². The van der Waals surface area contributed by atoms with Gasteiger partial charge in [-0.05, 0) is 43.1 Å². The van der Waals surface area contributed by atoms with Crippen molar-refractivity contribution in [3.63, 3.8) is 0 Å². The molecular weight excluding hydrogens is 148 g/mol. The van der Waals surface area contributed by atoms with Crippen molar-refractivity contribution < 1.29 is 6.22 Å². The number of Topliss-reactive ketones (excluding diaryl/α,β-unsaturated/α-hetero) is 1. The molecule has 0 aromatic rings. The van der Waals surface area contributed by atoms with E-state index in [2.05, 4.69) is 12.3 Å². The molecule has 0 fully saturated rings. The average Bonchev–Trinajstić information content (AvgIpc) is 2.51. The number of ketones is 1. The molecule has 0 radical (unpaired) electrons. The smallest absolute Gasteiger partial charge is 0.156 e. The molecule has 0 saturated carbocycles. The fourth-order valence-corrected chi connectivity index (χ4v) is 1.13. The van der Waals surface area contributed by atoms with E-state index in [1.165, 1.54) is 0 Å². The van der Waals surface area contributed by atoms with Crippen molar-refractivity contribution in [2.75, 3.05) is 0 Å². The van der Waals surface area contributed by atoms with Crippen molar-refractivity contribution >= 4 is 5.78 Å². The lowest BCUT2D eigenvalue weighted by atomic mass is 10.1. The van der Waals surface area contributed by atoms with Gasteiger partial charge < -0.3 is 0 Å². The number of carbonyl (C=O) groups is 1. The highest BCUT2D eigenvalue weighted by Gasteiger charge is 2.10. The Kier molecular flexibility index (Phi) is 2.47. The van der Waals surface area contributed by atoms with E-state index in [9.17, 15) is 4.79 Å². The Morgan fingerprint density at radius 3 is 2.75 bits per heavy atom. The highest BCUT2D eigenvalue weighted by molar-refractivity contribution is 5.95. The van der Waals surface area contributed by atoms with Crippen molar-refractivity contribution in [2.24, 2.45) is 0 Å². The van der Waals surface area contributed by atoms with E-state index in [4.69, 9.17) is 0 Å². The number of rotatable bonds is 2. The molecule has 1 nitrogen and oxygen atoms in total. The standard InChI is InChI=1S/C11H12O.H2/c1-4-8(2)10-5-6-11(7-10)9(3)12;/h5,7H,1,6H2,2-3H3;1H. The van der Waals surface area contributed by atoms with Crippen LogP contribution < -0.4 is 0 Å². The topological polar surface area (TPSA) is 17.1 Å². The molecule has 12 heavy (non-hydrogen) atoms. The molecule has 0 heterocycles. The van der Waals surface area contributed by atoms with Crippen molar-refractivity contribution in [3.8, 4) is 0 Å². The summed E-state index contributed by atoms with van der Waals surface area (Å²) in [6.45, 7) is 7.09. The molecule has 1 aliphatic rings. The first-order valence-electron chi connectivity index (χ1n) is 3.94. The van der Waals surface area contributed by atoms with E-state index in [0.717, 1.165) is 23.1 Å². The van der Waals surface area contributed by atoms with E-state index in [-0.39, 0.29) is 7.21 Å². The second-order valence-corrected chi connectivity index (χ2v) is 2.89. The molecule has 0 N–H and O–H groups in total. The molecule has 64 valence electrons. The molecule has 1 rings (SSSR count). The Bertz CT molecular complexity index is 328. The SMILES string of the molecule is C=C=C(C)C1=CCC(C(C)=O)=C1.[HH]. The van der Waals surface area contributed by atoms with Crippen LogP contribution in [0.25, 0.3) is 0 Å². The fraction of sp³-hybridized carbons (Fsp3) is 0.273. The molecule has 0 unspecified atom stereocenters. The summed E-state index contributed by atoms with van der Waals surface area (Å²) in [5.41, 5.74) is 5.77. The van der Waals surface area contributed by atoms with Gasteiger partial charge in [-0.3, -0.25) is 4.79 Å². The third-order valence-electron chi connectivity index (χ3n) is 2.02. The molecule has 1 heteroatoms. The molecule has 0 aromatic heterocycles. The van der Waals surface area contributed by atoms with E-state index in [1.54, 1.807) is 6.92 Å². The minimum Gasteiger partial charge on any atom is -0.295 e. The van der Waals surface area contributed by atoms with Crippen molar-refractivity contribution in [1.29, 1.82) is 0 Å². The lowest BCUT2D eigenvalue weighted by molar-refractivity contribution is -0.113. The maximum Gasteiger partial charge on any atom is 0.156 e. The quantitative estimate of drug-likeness (QED) is 0.570. The number of allylic oxidation sites excluding steroid dienone is 5. The van der Waals surface area contributed by atoms with Gasteiger partial charge in [-0.2, -0.15) is 0 Å². The van der Waals surface area contributed by atoms with Gasteiger partial charge in [0.15, 0.2) is 5.78 Å². The highest BCUT2D eigenvalue weighted by Crippen LogP contribution is 2.22. The van der Waals surface area contributed by atoms with Crippen molar-refractivity contribution in [2.45, 2.75) is 20.3 Å². The van der Waals surface area contributed by atoms with Crippen LogP contribution in [-0.2, 0) is 4.79 Å². The monoisotopic (exact) mass is 162 g/mol. The predicted octanol–water partition coefficient (Wildman–Crippen LogP) is 2.81. The van der Waals surface area contributed by atoms with Crippen LogP contribution in [0, 0.1) is 0 Å². The average molecular weight is 162 g/mol. The summed E-state index contributed by atoms with van der Waals surface area (Å²) in [5.74, 6) is 0.151. The summed E-state index contributed by atoms with van der Waals surface area (Å²) < 4.78 is 0. The highest BCUT2D eigenvalue weighted by atomic mass is 16.1. The van der Waals surface area contributed by atoms with Crippen LogP contribution in [0.4, 0.5) is 0 Å². The molecule has 0 amide bonds. The molecule has 1 aliphatic carbocycles. The Hall–Kier alpha value is -1.33. The summed E-state index contributed by atoms with van der Waals surface area (Å²) in [6.07, 6.45) is 4.70. The van der Waals surface area contributed by atoms with Crippen LogP contribution in [0.1, 0.15) is 21.7 Å². The van der Waals surface area contributed by atoms with Crippen LogP contribution in [-0.4, -0.2) is 5.78 Å². The van der Waals surface area contributed by atoms with E-state index in [1.807, 2.05) is 19.1 Å². The van der Waals surface area contributed by atoms with Crippen LogP contribution >= 0.6 is 0 Å². The zero-order valence-electron chi connectivity index (χ0n) is 7.48. The molecule has 0 aromatic carbocycles. The largest absolute Gasteiger partial charge is 0.295 e. The summed E-state index contributed by atoms with van der Waals surface area (Å²) >= 11 is 0. The third-order valence-corrected chi connectivity index (χ3v) is 2.02. The second-order valence-electron chi connectivity index (χ2n) is 2.89. The minimum absolute atomic E-state index is 0. The first kappa shape index (κ1) is 8.76. The van der Waals surface area contributed by atoms with E-state index < -0.39 is 0 Å². The lowest BCUT2D eigenvalue weighted by Gasteiger charge is -1.93. The predicted molar refractivity (Wildman–Crippen MR) is 51.9 cm³/mol. The molecular formula is C11H14O.